The number of aromatic amines is 1. The zero-order valence-corrected chi connectivity index (χ0v) is 11.4. The molecule has 1 aliphatic rings. The molecule has 0 aliphatic heterocycles. The second-order valence-electron chi connectivity index (χ2n) is 5.37. The molecule has 1 fully saturated rings. The van der Waals surface area contributed by atoms with Crippen molar-refractivity contribution < 1.29 is 0 Å². The van der Waals surface area contributed by atoms with Crippen LogP contribution in [-0.2, 0) is 0 Å². The van der Waals surface area contributed by atoms with Gasteiger partial charge in [-0.05, 0) is 38.2 Å². The summed E-state index contributed by atoms with van der Waals surface area (Å²) in [7, 11) is 0. The Bertz CT molecular complexity index is 651. The van der Waals surface area contributed by atoms with Crippen molar-refractivity contribution >= 4 is 0 Å². The van der Waals surface area contributed by atoms with Crippen molar-refractivity contribution in [2.24, 2.45) is 0 Å². The van der Waals surface area contributed by atoms with E-state index >= 15 is 0 Å². The molecule has 3 rings (SSSR count). The molecule has 3 heteroatoms. The maximum Gasteiger partial charge on any atom is 0.254 e. The Morgan fingerprint density at radius 3 is 2.42 bits per heavy atom. The van der Waals surface area contributed by atoms with Gasteiger partial charge in [-0.1, -0.05) is 30.7 Å². The number of hydrogen-bond donors (Lipinski definition) is 1. The lowest BCUT2D eigenvalue weighted by atomic mass is 9.80. The average molecular weight is 254 g/mol. The lowest BCUT2D eigenvalue weighted by molar-refractivity contribution is 0.420. The Morgan fingerprint density at radius 2 is 1.84 bits per heavy atom. The van der Waals surface area contributed by atoms with Crippen LogP contribution in [0.25, 0.3) is 11.3 Å². The summed E-state index contributed by atoms with van der Waals surface area (Å²) in [5.74, 6) is 1.40. The Kier molecular flexibility index (Phi) is 2.97. The van der Waals surface area contributed by atoms with Crippen molar-refractivity contribution in [3.8, 4) is 11.3 Å². The van der Waals surface area contributed by atoms with Crippen molar-refractivity contribution in [2.45, 2.75) is 39.0 Å². The zero-order valence-electron chi connectivity index (χ0n) is 11.4. The van der Waals surface area contributed by atoms with Crippen LogP contribution in [0.2, 0.25) is 0 Å². The fourth-order valence-electron chi connectivity index (χ4n) is 2.58. The second kappa shape index (κ2) is 4.65. The molecule has 1 aliphatic carbocycles. The maximum absolute atomic E-state index is 11.8. The van der Waals surface area contributed by atoms with Gasteiger partial charge in [-0.15, -0.1) is 0 Å². The lowest BCUT2D eigenvalue weighted by Gasteiger charge is -2.25. The molecule has 2 aromatic rings. The Labute approximate surface area is 112 Å². The number of benzene rings is 1. The van der Waals surface area contributed by atoms with E-state index in [0.717, 1.165) is 17.2 Å². The number of aryl methyl sites for hydroxylation is 1. The first-order valence-corrected chi connectivity index (χ1v) is 6.83. The van der Waals surface area contributed by atoms with Crippen LogP contribution < -0.4 is 5.56 Å². The molecule has 0 radical (unpaired) electrons. The summed E-state index contributed by atoms with van der Waals surface area (Å²) in [5, 5.41) is 0. The topological polar surface area (TPSA) is 45.8 Å². The second-order valence-corrected chi connectivity index (χ2v) is 5.37. The molecule has 1 aromatic heterocycles. The van der Waals surface area contributed by atoms with Gasteiger partial charge in [0.05, 0.1) is 5.69 Å². The third kappa shape index (κ3) is 2.21. The molecule has 19 heavy (non-hydrogen) atoms. The molecule has 1 saturated carbocycles. The van der Waals surface area contributed by atoms with Crippen LogP contribution in [-0.4, -0.2) is 9.97 Å². The smallest absolute Gasteiger partial charge is 0.254 e. The Morgan fingerprint density at radius 1 is 1.16 bits per heavy atom. The molecule has 0 atom stereocenters. The number of hydrogen-bond acceptors (Lipinski definition) is 2. The highest BCUT2D eigenvalue weighted by molar-refractivity contribution is 5.62. The molecule has 0 saturated heterocycles. The van der Waals surface area contributed by atoms with Crippen LogP contribution >= 0.6 is 0 Å². The first-order valence-electron chi connectivity index (χ1n) is 6.83. The van der Waals surface area contributed by atoms with Gasteiger partial charge >= 0.3 is 0 Å². The van der Waals surface area contributed by atoms with E-state index in [-0.39, 0.29) is 5.56 Å². The van der Waals surface area contributed by atoms with Gasteiger partial charge in [-0.3, -0.25) is 4.79 Å². The van der Waals surface area contributed by atoms with Gasteiger partial charge in [0, 0.05) is 11.1 Å². The zero-order chi connectivity index (χ0) is 13.4. The van der Waals surface area contributed by atoms with Gasteiger partial charge < -0.3 is 4.98 Å². The molecule has 1 heterocycles. The van der Waals surface area contributed by atoms with E-state index in [2.05, 4.69) is 34.2 Å². The minimum absolute atomic E-state index is 0.0504. The van der Waals surface area contributed by atoms with Crippen molar-refractivity contribution in [1.82, 2.24) is 9.97 Å². The quantitative estimate of drug-likeness (QED) is 0.893. The lowest BCUT2D eigenvalue weighted by Crippen LogP contribution is -2.14. The molecular formula is C16H18N2O. The van der Waals surface area contributed by atoms with E-state index in [0.29, 0.717) is 11.4 Å². The van der Waals surface area contributed by atoms with Crippen molar-refractivity contribution in [1.29, 1.82) is 0 Å². The third-order valence-electron chi connectivity index (χ3n) is 4.03. The molecule has 3 nitrogen and oxygen atoms in total. The largest absolute Gasteiger partial charge is 0.311 e. The minimum atomic E-state index is -0.0504. The highest BCUT2D eigenvalue weighted by Crippen LogP contribution is 2.36. The van der Waals surface area contributed by atoms with E-state index in [9.17, 15) is 4.79 Å². The SMILES string of the molecule is Cc1nc(-c2ccc(C3CCC3)cc2)c(C)c(=O)[nH]1. The summed E-state index contributed by atoms with van der Waals surface area (Å²) in [6, 6.07) is 8.53. The van der Waals surface area contributed by atoms with Crippen LogP contribution in [0.5, 0.6) is 0 Å². The molecule has 0 bridgehead atoms. The molecular weight excluding hydrogens is 236 g/mol. The van der Waals surface area contributed by atoms with Gasteiger partial charge in [0.2, 0.25) is 0 Å². The number of H-pyrrole nitrogens is 1. The summed E-state index contributed by atoms with van der Waals surface area (Å²) in [5.41, 5.74) is 3.86. The van der Waals surface area contributed by atoms with E-state index in [4.69, 9.17) is 0 Å². The van der Waals surface area contributed by atoms with Crippen LogP contribution in [0.4, 0.5) is 0 Å². The normalized spacial score (nSPS) is 15.3. The molecule has 0 amide bonds. The first kappa shape index (κ1) is 12.2. The minimum Gasteiger partial charge on any atom is -0.311 e. The summed E-state index contributed by atoms with van der Waals surface area (Å²) < 4.78 is 0. The van der Waals surface area contributed by atoms with Gasteiger partial charge in [-0.25, -0.2) is 4.98 Å². The Hall–Kier alpha value is -1.90. The van der Waals surface area contributed by atoms with Gasteiger partial charge in [-0.2, -0.15) is 0 Å². The van der Waals surface area contributed by atoms with Gasteiger partial charge in [0.15, 0.2) is 0 Å². The number of nitrogens with one attached hydrogen (secondary N) is 1. The van der Waals surface area contributed by atoms with E-state index in [1.54, 1.807) is 0 Å². The summed E-state index contributed by atoms with van der Waals surface area (Å²) in [4.78, 5) is 19.0. The molecule has 98 valence electrons. The molecule has 1 aromatic carbocycles. The average Bonchev–Trinajstić information content (AvgIpc) is 2.33. The number of aromatic nitrogens is 2. The monoisotopic (exact) mass is 254 g/mol. The van der Waals surface area contributed by atoms with Gasteiger partial charge in [0.25, 0.3) is 5.56 Å². The highest BCUT2D eigenvalue weighted by Gasteiger charge is 2.19. The summed E-state index contributed by atoms with van der Waals surface area (Å²) >= 11 is 0. The Balaban J connectivity index is 2.00. The van der Waals surface area contributed by atoms with Crippen LogP contribution in [0.15, 0.2) is 29.1 Å². The maximum atomic E-state index is 11.8. The first-order chi connectivity index (χ1) is 9.15. The van der Waals surface area contributed by atoms with Crippen molar-refractivity contribution in [2.75, 3.05) is 0 Å². The van der Waals surface area contributed by atoms with Crippen LogP contribution in [0.3, 0.4) is 0 Å². The van der Waals surface area contributed by atoms with Crippen LogP contribution in [0, 0.1) is 13.8 Å². The number of nitrogens with zero attached hydrogens (tertiary/aromatic N) is 1. The third-order valence-corrected chi connectivity index (χ3v) is 4.03. The summed E-state index contributed by atoms with van der Waals surface area (Å²) in [6.07, 6.45) is 3.96. The van der Waals surface area contributed by atoms with Crippen molar-refractivity contribution in [3.63, 3.8) is 0 Å². The van der Waals surface area contributed by atoms with Gasteiger partial charge in [0.1, 0.15) is 5.82 Å². The standard InChI is InChI=1S/C16H18N2O/c1-10-15(17-11(2)18-16(10)19)14-8-6-13(7-9-14)12-4-3-5-12/h6-9,12H,3-5H2,1-2H3,(H,17,18,19). The fraction of sp³-hybridized carbons (Fsp3) is 0.375. The van der Waals surface area contributed by atoms with Crippen LogP contribution in [0.1, 0.15) is 42.1 Å². The van der Waals surface area contributed by atoms with E-state index in [1.807, 2.05) is 13.8 Å². The summed E-state index contributed by atoms with van der Waals surface area (Å²) in [6.45, 7) is 3.63. The predicted molar refractivity (Wildman–Crippen MR) is 76.4 cm³/mol. The highest BCUT2D eigenvalue weighted by atomic mass is 16.1. The van der Waals surface area contributed by atoms with Crippen molar-refractivity contribution in [3.05, 3.63) is 51.6 Å². The number of rotatable bonds is 2. The van der Waals surface area contributed by atoms with E-state index < -0.39 is 0 Å². The predicted octanol–water partition coefficient (Wildman–Crippen LogP) is 3.32. The molecule has 0 unspecified atom stereocenters. The molecule has 1 N–H and O–H groups in total. The fourth-order valence-corrected chi connectivity index (χ4v) is 2.58. The molecule has 0 spiro atoms. The van der Waals surface area contributed by atoms with E-state index in [1.165, 1.54) is 24.8 Å².